The summed E-state index contributed by atoms with van der Waals surface area (Å²) < 4.78 is 1.85. The van der Waals surface area contributed by atoms with Gasteiger partial charge in [0.25, 0.3) is 5.91 Å². The van der Waals surface area contributed by atoms with Gasteiger partial charge in [-0.15, -0.1) is 0 Å². The zero-order valence-electron chi connectivity index (χ0n) is 17.6. The zero-order valence-corrected chi connectivity index (χ0v) is 17.6. The van der Waals surface area contributed by atoms with Crippen molar-refractivity contribution in [3.05, 3.63) is 77.5 Å². The van der Waals surface area contributed by atoms with E-state index < -0.39 is 0 Å². The Balaban J connectivity index is 1.83. The predicted octanol–water partition coefficient (Wildman–Crippen LogP) is 3.98. The van der Waals surface area contributed by atoms with Crippen molar-refractivity contribution in [2.24, 2.45) is 0 Å². The van der Waals surface area contributed by atoms with Gasteiger partial charge < -0.3 is 10.2 Å². The molecule has 1 amide bonds. The van der Waals surface area contributed by atoms with Crippen molar-refractivity contribution >= 4 is 5.91 Å². The summed E-state index contributed by atoms with van der Waals surface area (Å²) >= 11 is 0. The Hall–Kier alpha value is -2.92. The van der Waals surface area contributed by atoms with E-state index in [0.29, 0.717) is 18.7 Å². The maximum Gasteiger partial charge on any atom is 0.255 e. The third-order valence-corrected chi connectivity index (χ3v) is 5.13. The molecule has 2 aromatic carbocycles. The maximum absolute atomic E-state index is 12.9. The summed E-state index contributed by atoms with van der Waals surface area (Å²) in [7, 11) is 0. The van der Waals surface area contributed by atoms with Crippen LogP contribution in [0.25, 0.3) is 11.3 Å². The Kier molecular flexibility index (Phi) is 7.19. The second kappa shape index (κ2) is 10.0. The molecule has 5 nitrogen and oxygen atoms in total. The number of amides is 1. The molecule has 5 heteroatoms. The van der Waals surface area contributed by atoms with Crippen LogP contribution in [0.4, 0.5) is 0 Å². The predicted molar refractivity (Wildman–Crippen MR) is 118 cm³/mol. The van der Waals surface area contributed by atoms with Gasteiger partial charge in [0.2, 0.25) is 0 Å². The van der Waals surface area contributed by atoms with E-state index in [9.17, 15) is 4.79 Å². The van der Waals surface area contributed by atoms with Crippen LogP contribution in [0.2, 0.25) is 0 Å². The van der Waals surface area contributed by atoms with Gasteiger partial charge in [-0.05, 0) is 25.6 Å². The summed E-state index contributed by atoms with van der Waals surface area (Å²) in [6.45, 7) is 10.4. The molecule has 0 fully saturated rings. The summed E-state index contributed by atoms with van der Waals surface area (Å²) in [4.78, 5) is 15.2. The van der Waals surface area contributed by atoms with Crippen LogP contribution >= 0.6 is 0 Å². The van der Waals surface area contributed by atoms with Crippen molar-refractivity contribution < 1.29 is 4.79 Å². The highest BCUT2D eigenvalue weighted by Crippen LogP contribution is 2.23. The second-order valence-corrected chi connectivity index (χ2v) is 7.22. The Bertz CT molecular complexity index is 912. The number of benzene rings is 2. The third kappa shape index (κ3) is 5.55. The van der Waals surface area contributed by atoms with Crippen LogP contribution in [0.3, 0.4) is 0 Å². The SMILES string of the molecule is CCN(CC)CCNC(=O)c1cn(Cc2ccccc2)nc1-c1ccc(C)cc1. The molecule has 3 rings (SSSR count). The standard InChI is InChI=1S/C24H30N4O/c1-4-27(5-2)16-15-25-24(29)22-18-28(17-20-9-7-6-8-10-20)26-23(22)21-13-11-19(3)12-14-21/h6-14,18H,4-5,15-17H2,1-3H3,(H,25,29). The van der Waals surface area contributed by atoms with Crippen molar-refractivity contribution in [3.8, 4) is 11.3 Å². The number of nitrogens with zero attached hydrogens (tertiary/aromatic N) is 3. The molecular formula is C24H30N4O. The molecule has 0 saturated carbocycles. The van der Waals surface area contributed by atoms with Crippen molar-refractivity contribution in [1.29, 1.82) is 0 Å². The Morgan fingerprint density at radius 1 is 1.03 bits per heavy atom. The van der Waals surface area contributed by atoms with E-state index in [1.54, 1.807) is 0 Å². The molecule has 0 aliphatic carbocycles. The van der Waals surface area contributed by atoms with Gasteiger partial charge in [0.15, 0.2) is 0 Å². The number of hydrogen-bond acceptors (Lipinski definition) is 3. The van der Waals surface area contributed by atoms with Crippen LogP contribution in [0.1, 0.15) is 35.3 Å². The van der Waals surface area contributed by atoms with Gasteiger partial charge >= 0.3 is 0 Å². The highest BCUT2D eigenvalue weighted by atomic mass is 16.1. The molecule has 1 aromatic heterocycles. The highest BCUT2D eigenvalue weighted by molar-refractivity contribution is 5.99. The van der Waals surface area contributed by atoms with Gasteiger partial charge in [-0.1, -0.05) is 74.0 Å². The molecule has 152 valence electrons. The third-order valence-electron chi connectivity index (χ3n) is 5.13. The van der Waals surface area contributed by atoms with E-state index >= 15 is 0 Å². The Morgan fingerprint density at radius 3 is 2.38 bits per heavy atom. The molecule has 29 heavy (non-hydrogen) atoms. The van der Waals surface area contributed by atoms with Gasteiger partial charge in [0.1, 0.15) is 5.69 Å². The maximum atomic E-state index is 12.9. The number of nitrogens with one attached hydrogen (secondary N) is 1. The number of rotatable bonds is 9. The molecule has 0 saturated heterocycles. The molecule has 0 unspecified atom stereocenters. The van der Waals surface area contributed by atoms with Crippen LogP contribution in [-0.2, 0) is 6.54 Å². The quantitative estimate of drug-likeness (QED) is 0.601. The van der Waals surface area contributed by atoms with Crippen molar-refractivity contribution in [3.63, 3.8) is 0 Å². The number of carbonyl (C=O) groups is 1. The summed E-state index contributed by atoms with van der Waals surface area (Å²) in [5, 5.41) is 7.81. The van der Waals surface area contributed by atoms with Gasteiger partial charge in [-0.3, -0.25) is 9.48 Å². The molecule has 1 N–H and O–H groups in total. The van der Waals surface area contributed by atoms with Gasteiger partial charge in [0.05, 0.1) is 12.1 Å². The lowest BCUT2D eigenvalue weighted by atomic mass is 10.1. The molecule has 0 bridgehead atoms. The number of likely N-dealkylation sites (N-methyl/N-ethyl adjacent to an activating group) is 1. The summed E-state index contributed by atoms with van der Waals surface area (Å²) in [6.07, 6.45) is 1.86. The van der Waals surface area contributed by atoms with Crippen molar-refractivity contribution in [2.45, 2.75) is 27.3 Å². The molecular weight excluding hydrogens is 360 g/mol. The fourth-order valence-electron chi connectivity index (χ4n) is 3.33. The lowest BCUT2D eigenvalue weighted by Crippen LogP contribution is -2.34. The van der Waals surface area contributed by atoms with Crippen molar-refractivity contribution in [2.75, 3.05) is 26.2 Å². The minimum atomic E-state index is -0.0768. The van der Waals surface area contributed by atoms with Crippen LogP contribution in [0, 0.1) is 6.92 Å². The smallest absolute Gasteiger partial charge is 0.255 e. The average Bonchev–Trinajstić information content (AvgIpc) is 3.16. The summed E-state index contributed by atoms with van der Waals surface area (Å²) in [6, 6.07) is 18.3. The second-order valence-electron chi connectivity index (χ2n) is 7.22. The van der Waals surface area contributed by atoms with E-state index in [-0.39, 0.29) is 5.91 Å². The van der Waals surface area contributed by atoms with E-state index in [1.165, 1.54) is 5.56 Å². The first-order valence-corrected chi connectivity index (χ1v) is 10.3. The molecule has 0 aliphatic heterocycles. The van der Waals surface area contributed by atoms with E-state index in [2.05, 4.69) is 43.1 Å². The highest BCUT2D eigenvalue weighted by Gasteiger charge is 2.18. The van der Waals surface area contributed by atoms with E-state index in [4.69, 9.17) is 5.10 Å². The Labute approximate surface area is 173 Å². The average molecular weight is 391 g/mol. The van der Waals surface area contributed by atoms with Gasteiger partial charge in [0, 0.05) is 24.8 Å². The monoisotopic (exact) mass is 390 g/mol. The Morgan fingerprint density at radius 2 is 1.72 bits per heavy atom. The molecule has 0 spiro atoms. The van der Waals surface area contributed by atoms with E-state index in [1.807, 2.05) is 53.3 Å². The van der Waals surface area contributed by atoms with Crippen LogP contribution in [0.15, 0.2) is 60.8 Å². The topological polar surface area (TPSA) is 50.2 Å². The minimum Gasteiger partial charge on any atom is -0.351 e. The van der Waals surface area contributed by atoms with Crippen LogP contribution in [0.5, 0.6) is 0 Å². The largest absolute Gasteiger partial charge is 0.351 e. The molecule has 1 heterocycles. The fourth-order valence-corrected chi connectivity index (χ4v) is 3.33. The summed E-state index contributed by atoms with van der Waals surface area (Å²) in [5.74, 6) is -0.0768. The van der Waals surface area contributed by atoms with E-state index in [0.717, 1.165) is 36.5 Å². The molecule has 3 aromatic rings. The first-order chi connectivity index (χ1) is 14.1. The number of aromatic nitrogens is 2. The number of aryl methyl sites for hydroxylation is 1. The molecule has 0 atom stereocenters. The fraction of sp³-hybridized carbons (Fsp3) is 0.333. The van der Waals surface area contributed by atoms with Crippen molar-refractivity contribution in [1.82, 2.24) is 20.0 Å². The first kappa shape index (κ1) is 20.8. The van der Waals surface area contributed by atoms with Crippen LogP contribution in [-0.4, -0.2) is 46.8 Å². The first-order valence-electron chi connectivity index (χ1n) is 10.3. The lowest BCUT2D eigenvalue weighted by molar-refractivity contribution is 0.0949. The minimum absolute atomic E-state index is 0.0768. The number of hydrogen-bond donors (Lipinski definition) is 1. The lowest BCUT2D eigenvalue weighted by Gasteiger charge is -2.17. The normalized spacial score (nSPS) is 11.0. The molecule has 0 radical (unpaired) electrons. The molecule has 0 aliphatic rings. The van der Waals surface area contributed by atoms with Gasteiger partial charge in [-0.2, -0.15) is 5.10 Å². The summed E-state index contributed by atoms with van der Waals surface area (Å²) in [5.41, 5.74) is 4.63. The zero-order chi connectivity index (χ0) is 20.6. The van der Waals surface area contributed by atoms with Gasteiger partial charge in [-0.25, -0.2) is 0 Å². The number of carbonyl (C=O) groups excluding carboxylic acids is 1. The van der Waals surface area contributed by atoms with Crippen LogP contribution < -0.4 is 5.32 Å².